The minimum Gasteiger partial charge on any atom is -0.455 e. The fraction of sp³-hybridized carbons (Fsp3) is 0.412. The molecular weight excluding hydrogens is 324 g/mol. The average Bonchev–Trinajstić information content (AvgIpc) is 3.17. The molecule has 8 nitrogen and oxygen atoms in total. The normalized spacial score (nSPS) is 17.1. The molecule has 0 aliphatic carbocycles. The Morgan fingerprint density at radius 2 is 2.12 bits per heavy atom. The van der Waals surface area contributed by atoms with Gasteiger partial charge >= 0.3 is 5.97 Å². The van der Waals surface area contributed by atoms with Crippen LogP contribution in [0.2, 0.25) is 0 Å². The molecule has 0 saturated heterocycles. The van der Waals surface area contributed by atoms with E-state index >= 15 is 0 Å². The number of oxime groups is 1. The predicted octanol–water partition coefficient (Wildman–Crippen LogP) is 1.67. The first-order valence-electron chi connectivity index (χ1n) is 7.99. The standard InChI is InChI=1S/C17H20N4O4/c1-17(2,3)24-16(23)12-8-13(25-21-12)15(22)18-9-14-19-10-6-4-5-7-11(10)20-14/h4-7,13H,8-9H2,1-3H3,(H,18,22)(H,19,20). The van der Waals surface area contributed by atoms with Crippen molar-refractivity contribution >= 4 is 28.6 Å². The van der Waals surface area contributed by atoms with Crippen LogP contribution in [0.4, 0.5) is 0 Å². The summed E-state index contributed by atoms with van der Waals surface area (Å²) in [6.45, 7) is 5.52. The third-order valence-electron chi connectivity index (χ3n) is 3.46. The second kappa shape index (κ2) is 6.54. The lowest BCUT2D eigenvalue weighted by Crippen LogP contribution is -2.36. The number of nitrogens with one attached hydrogen (secondary N) is 2. The summed E-state index contributed by atoms with van der Waals surface area (Å²) in [6, 6.07) is 7.60. The minimum absolute atomic E-state index is 0.0842. The molecule has 1 amide bonds. The number of ether oxygens (including phenoxy) is 1. The van der Waals surface area contributed by atoms with Crippen molar-refractivity contribution in [3.8, 4) is 0 Å². The number of amides is 1. The van der Waals surface area contributed by atoms with Crippen LogP contribution in [-0.2, 0) is 25.7 Å². The lowest BCUT2D eigenvalue weighted by molar-refractivity contribution is -0.146. The van der Waals surface area contributed by atoms with Gasteiger partial charge in [-0.1, -0.05) is 17.3 Å². The first-order chi connectivity index (χ1) is 11.8. The first kappa shape index (κ1) is 16.9. The van der Waals surface area contributed by atoms with Crippen molar-refractivity contribution in [2.75, 3.05) is 0 Å². The molecule has 8 heteroatoms. The lowest BCUT2D eigenvalue weighted by atomic mass is 10.1. The highest BCUT2D eigenvalue weighted by Crippen LogP contribution is 2.16. The summed E-state index contributed by atoms with van der Waals surface area (Å²) in [6.07, 6.45) is -0.757. The summed E-state index contributed by atoms with van der Waals surface area (Å²) >= 11 is 0. The van der Waals surface area contributed by atoms with E-state index in [0.717, 1.165) is 11.0 Å². The quantitative estimate of drug-likeness (QED) is 0.821. The van der Waals surface area contributed by atoms with Gasteiger partial charge in [0.15, 0.2) is 5.71 Å². The monoisotopic (exact) mass is 344 g/mol. The number of carbonyl (C=O) groups excluding carboxylic acids is 2. The molecular formula is C17H20N4O4. The van der Waals surface area contributed by atoms with E-state index in [1.54, 1.807) is 20.8 Å². The van der Waals surface area contributed by atoms with Gasteiger partial charge in [-0.15, -0.1) is 0 Å². The molecule has 1 aliphatic heterocycles. The Bertz CT molecular complexity index is 802. The number of para-hydroxylation sites is 2. The van der Waals surface area contributed by atoms with Crippen molar-refractivity contribution in [3.63, 3.8) is 0 Å². The van der Waals surface area contributed by atoms with Crippen LogP contribution >= 0.6 is 0 Å². The van der Waals surface area contributed by atoms with Gasteiger partial charge in [0.25, 0.3) is 5.91 Å². The molecule has 1 aromatic carbocycles. The topological polar surface area (TPSA) is 106 Å². The molecule has 0 fully saturated rings. The number of aromatic amines is 1. The maximum Gasteiger partial charge on any atom is 0.356 e. The molecule has 1 aliphatic rings. The van der Waals surface area contributed by atoms with Gasteiger partial charge in [-0.05, 0) is 32.9 Å². The van der Waals surface area contributed by atoms with Crippen LogP contribution in [0.3, 0.4) is 0 Å². The van der Waals surface area contributed by atoms with Gasteiger partial charge < -0.3 is 19.9 Å². The zero-order valence-corrected chi connectivity index (χ0v) is 14.3. The zero-order chi connectivity index (χ0) is 18.0. The largest absolute Gasteiger partial charge is 0.455 e. The minimum atomic E-state index is -0.841. The highest BCUT2D eigenvalue weighted by molar-refractivity contribution is 6.37. The van der Waals surface area contributed by atoms with Crippen LogP contribution in [0.25, 0.3) is 11.0 Å². The van der Waals surface area contributed by atoms with Crippen molar-refractivity contribution < 1.29 is 19.2 Å². The molecule has 1 atom stereocenters. The summed E-state index contributed by atoms with van der Waals surface area (Å²) in [4.78, 5) is 36.7. The van der Waals surface area contributed by atoms with Crippen molar-refractivity contribution in [1.82, 2.24) is 15.3 Å². The second-order valence-corrected chi connectivity index (χ2v) is 6.76. The first-order valence-corrected chi connectivity index (χ1v) is 7.99. The van der Waals surface area contributed by atoms with Gasteiger partial charge in [0, 0.05) is 6.42 Å². The maximum atomic E-state index is 12.2. The molecule has 3 rings (SSSR count). The van der Waals surface area contributed by atoms with E-state index in [0.29, 0.717) is 5.82 Å². The highest BCUT2D eigenvalue weighted by atomic mass is 16.7. The molecule has 0 radical (unpaired) electrons. The maximum absolute atomic E-state index is 12.2. The van der Waals surface area contributed by atoms with E-state index in [-0.39, 0.29) is 24.6 Å². The third kappa shape index (κ3) is 4.14. The van der Waals surface area contributed by atoms with Gasteiger partial charge in [0.05, 0.1) is 17.6 Å². The Kier molecular flexibility index (Phi) is 4.43. The summed E-state index contributed by atoms with van der Waals surface area (Å²) in [5.74, 6) is -0.288. The van der Waals surface area contributed by atoms with Crippen LogP contribution < -0.4 is 5.32 Å². The molecule has 1 unspecified atom stereocenters. The van der Waals surface area contributed by atoms with Gasteiger partial charge in [0.2, 0.25) is 6.10 Å². The number of rotatable bonds is 4. The Morgan fingerprint density at radius 1 is 1.36 bits per heavy atom. The van der Waals surface area contributed by atoms with Crippen LogP contribution in [0, 0.1) is 0 Å². The van der Waals surface area contributed by atoms with Gasteiger partial charge in [-0.3, -0.25) is 4.79 Å². The SMILES string of the molecule is CC(C)(C)OC(=O)C1=NOC(C(=O)NCc2nc3ccccc3[nH]2)C1. The second-order valence-electron chi connectivity index (χ2n) is 6.76. The van der Waals surface area contributed by atoms with Crippen molar-refractivity contribution in [2.45, 2.75) is 45.4 Å². The van der Waals surface area contributed by atoms with Gasteiger partial charge in [-0.25, -0.2) is 9.78 Å². The van der Waals surface area contributed by atoms with Crippen LogP contribution in [0.1, 0.15) is 33.0 Å². The summed E-state index contributed by atoms with van der Waals surface area (Å²) < 4.78 is 5.22. The van der Waals surface area contributed by atoms with Gasteiger partial charge in [-0.2, -0.15) is 0 Å². The molecule has 1 aromatic heterocycles. The fourth-order valence-electron chi connectivity index (χ4n) is 2.35. The van der Waals surface area contributed by atoms with Crippen molar-refractivity contribution in [1.29, 1.82) is 0 Å². The molecule has 2 aromatic rings. The number of aromatic nitrogens is 2. The number of benzene rings is 1. The summed E-state index contributed by atoms with van der Waals surface area (Å²) in [5.41, 5.74) is 1.22. The van der Waals surface area contributed by atoms with Crippen molar-refractivity contribution in [2.24, 2.45) is 5.16 Å². The van der Waals surface area contributed by atoms with Crippen LogP contribution in [0.15, 0.2) is 29.4 Å². The van der Waals surface area contributed by atoms with E-state index in [1.165, 1.54) is 0 Å². The fourth-order valence-corrected chi connectivity index (χ4v) is 2.35. The van der Waals surface area contributed by atoms with Crippen LogP contribution in [-0.4, -0.2) is 39.3 Å². The zero-order valence-electron chi connectivity index (χ0n) is 14.3. The van der Waals surface area contributed by atoms with E-state index in [4.69, 9.17) is 9.57 Å². The molecule has 2 N–H and O–H groups in total. The molecule has 2 heterocycles. The average molecular weight is 344 g/mol. The number of nitrogens with zero attached hydrogens (tertiary/aromatic N) is 2. The molecule has 25 heavy (non-hydrogen) atoms. The Balaban J connectivity index is 1.52. The number of esters is 1. The number of hydrogen-bond donors (Lipinski definition) is 2. The Labute approximate surface area is 144 Å². The predicted molar refractivity (Wildman–Crippen MR) is 90.7 cm³/mol. The van der Waals surface area contributed by atoms with E-state index < -0.39 is 17.7 Å². The van der Waals surface area contributed by atoms with E-state index in [9.17, 15) is 9.59 Å². The third-order valence-corrected chi connectivity index (χ3v) is 3.46. The Morgan fingerprint density at radius 3 is 2.84 bits per heavy atom. The molecule has 0 bridgehead atoms. The smallest absolute Gasteiger partial charge is 0.356 e. The molecule has 132 valence electrons. The van der Waals surface area contributed by atoms with Crippen molar-refractivity contribution in [3.05, 3.63) is 30.1 Å². The van der Waals surface area contributed by atoms with Gasteiger partial charge in [0.1, 0.15) is 11.4 Å². The lowest BCUT2D eigenvalue weighted by Gasteiger charge is -2.18. The molecule has 0 saturated carbocycles. The number of hydrogen-bond acceptors (Lipinski definition) is 6. The number of H-pyrrole nitrogens is 1. The van der Waals surface area contributed by atoms with Crippen LogP contribution in [0.5, 0.6) is 0 Å². The Hall–Kier alpha value is -2.90. The summed E-state index contributed by atoms with van der Waals surface area (Å²) in [5, 5.41) is 6.40. The number of fused-ring (bicyclic) bond motifs is 1. The summed E-state index contributed by atoms with van der Waals surface area (Å²) in [7, 11) is 0. The number of carbonyl (C=O) groups is 2. The molecule has 0 spiro atoms. The number of imidazole rings is 1. The van der Waals surface area contributed by atoms with E-state index in [2.05, 4.69) is 20.4 Å². The van der Waals surface area contributed by atoms with E-state index in [1.807, 2.05) is 24.3 Å². The highest BCUT2D eigenvalue weighted by Gasteiger charge is 2.33.